The highest BCUT2D eigenvalue weighted by Gasteiger charge is 2.11. The molecule has 3 N–H and O–H groups in total. The Labute approximate surface area is 114 Å². The average Bonchev–Trinajstić information content (AvgIpc) is 3.00. The Hall–Kier alpha value is -1.80. The summed E-state index contributed by atoms with van der Waals surface area (Å²) in [7, 11) is 0. The zero-order valence-electron chi connectivity index (χ0n) is 10.6. The molecule has 2 rings (SSSR count). The van der Waals surface area contributed by atoms with Crippen molar-refractivity contribution in [2.24, 2.45) is 5.73 Å². The molecule has 2 heterocycles. The molecule has 0 spiro atoms. The third kappa shape index (κ3) is 3.83. The van der Waals surface area contributed by atoms with Crippen LogP contribution in [0.25, 0.3) is 0 Å². The van der Waals surface area contributed by atoms with Gasteiger partial charge in [0.1, 0.15) is 6.54 Å². The molecule has 0 saturated carbocycles. The number of carbonyl (C=O) groups excluding carboxylic acids is 1. The van der Waals surface area contributed by atoms with Gasteiger partial charge in [-0.05, 0) is 6.42 Å². The fraction of sp³-hybridized carbons (Fsp3) is 0.455. The first-order valence-electron chi connectivity index (χ1n) is 6.04. The maximum Gasteiger partial charge on any atom is 0.247 e. The molecule has 7 nitrogen and oxygen atoms in total. The quantitative estimate of drug-likeness (QED) is 0.827. The van der Waals surface area contributed by atoms with E-state index in [4.69, 9.17) is 5.73 Å². The standard InChI is InChI=1S/C11H16N6OS/c1-2-3-8(12)9-6-17(16-15-9)7-10(18)14-11-13-4-5-19-11/h4-6,8H,2-3,7,12H2,1H3,(H,13,14,18). The van der Waals surface area contributed by atoms with Gasteiger partial charge in [-0.25, -0.2) is 9.67 Å². The van der Waals surface area contributed by atoms with Gasteiger partial charge in [-0.2, -0.15) is 0 Å². The van der Waals surface area contributed by atoms with E-state index in [1.807, 2.05) is 0 Å². The summed E-state index contributed by atoms with van der Waals surface area (Å²) in [5.41, 5.74) is 6.65. The third-order valence-electron chi connectivity index (χ3n) is 2.52. The van der Waals surface area contributed by atoms with E-state index in [1.165, 1.54) is 16.0 Å². The Balaban J connectivity index is 1.90. The molecular weight excluding hydrogens is 264 g/mol. The van der Waals surface area contributed by atoms with Gasteiger partial charge >= 0.3 is 0 Å². The molecule has 0 saturated heterocycles. The van der Waals surface area contributed by atoms with Crippen LogP contribution in [0.4, 0.5) is 5.13 Å². The maximum atomic E-state index is 11.7. The molecule has 0 aliphatic carbocycles. The van der Waals surface area contributed by atoms with Crippen LogP contribution >= 0.6 is 11.3 Å². The van der Waals surface area contributed by atoms with Gasteiger partial charge in [0, 0.05) is 11.6 Å². The second-order valence-electron chi connectivity index (χ2n) is 4.12. The van der Waals surface area contributed by atoms with Crippen molar-refractivity contribution >= 4 is 22.4 Å². The Bertz CT molecular complexity index is 523. The lowest BCUT2D eigenvalue weighted by molar-refractivity contribution is -0.116. The summed E-state index contributed by atoms with van der Waals surface area (Å²) in [4.78, 5) is 15.7. The molecule has 102 valence electrons. The Kier molecular flexibility index (Phi) is 4.58. The number of rotatable bonds is 6. The van der Waals surface area contributed by atoms with Crippen LogP contribution in [0.15, 0.2) is 17.8 Å². The number of nitrogens with one attached hydrogen (secondary N) is 1. The molecule has 19 heavy (non-hydrogen) atoms. The van der Waals surface area contributed by atoms with Crippen molar-refractivity contribution in [1.29, 1.82) is 0 Å². The van der Waals surface area contributed by atoms with Crippen molar-refractivity contribution in [1.82, 2.24) is 20.0 Å². The van der Waals surface area contributed by atoms with Crippen LogP contribution in [0.1, 0.15) is 31.5 Å². The summed E-state index contributed by atoms with van der Waals surface area (Å²) in [5.74, 6) is -0.185. The van der Waals surface area contributed by atoms with Crippen molar-refractivity contribution in [3.63, 3.8) is 0 Å². The van der Waals surface area contributed by atoms with Gasteiger partial charge in [0.2, 0.25) is 5.91 Å². The van der Waals surface area contributed by atoms with Gasteiger partial charge in [-0.15, -0.1) is 16.4 Å². The van der Waals surface area contributed by atoms with Gasteiger partial charge < -0.3 is 11.1 Å². The van der Waals surface area contributed by atoms with Crippen molar-refractivity contribution in [2.45, 2.75) is 32.4 Å². The van der Waals surface area contributed by atoms with E-state index in [9.17, 15) is 4.79 Å². The van der Waals surface area contributed by atoms with Gasteiger partial charge in [0.25, 0.3) is 0 Å². The lowest BCUT2D eigenvalue weighted by atomic mass is 10.1. The molecule has 2 aromatic heterocycles. The topological polar surface area (TPSA) is 98.7 Å². The lowest BCUT2D eigenvalue weighted by Crippen LogP contribution is -2.19. The summed E-state index contributed by atoms with van der Waals surface area (Å²) in [5, 5.41) is 12.9. The first-order chi connectivity index (χ1) is 9.19. The number of thiazole rings is 1. The third-order valence-corrected chi connectivity index (χ3v) is 3.21. The van der Waals surface area contributed by atoms with E-state index in [2.05, 4.69) is 27.5 Å². The molecule has 0 fully saturated rings. The Morgan fingerprint density at radius 2 is 2.47 bits per heavy atom. The number of anilines is 1. The largest absolute Gasteiger partial charge is 0.323 e. The van der Waals surface area contributed by atoms with Crippen molar-refractivity contribution in [2.75, 3.05) is 5.32 Å². The first-order valence-corrected chi connectivity index (χ1v) is 6.92. The zero-order chi connectivity index (χ0) is 13.7. The molecule has 0 aliphatic rings. The predicted octanol–water partition coefficient (Wildman–Crippen LogP) is 1.17. The fourth-order valence-corrected chi connectivity index (χ4v) is 2.16. The second-order valence-corrected chi connectivity index (χ2v) is 5.02. The maximum absolute atomic E-state index is 11.7. The molecule has 1 amide bonds. The van der Waals surface area contributed by atoms with Gasteiger partial charge in [-0.3, -0.25) is 4.79 Å². The monoisotopic (exact) mass is 280 g/mol. The molecule has 0 radical (unpaired) electrons. The Morgan fingerprint density at radius 1 is 1.63 bits per heavy atom. The van der Waals surface area contributed by atoms with E-state index in [0.29, 0.717) is 10.8 Å². The van der Waals surface area contributed by atoms with E-state index < -0.39 is 0 Å². The minimum Gasteiger partial charge on any atom is -0.323 e. The number of nitrogens with two attached hydrogens (primary N) is 1. The normalized spacial score (nSPS) is 12.3. The molecule has 1 unspecified atom stereocenters. The van der Waals surface area contributed by atoms with Gasteiger partial charge in [-0.1, -0.05) is 18.6 Å². The molecule has 1 atom stereocenters. The van der Waals surface area contributed by atoms with Gasteiger partial charge in [0.15, 0.2) is 5.13 Å². The minimum atomic E-state index is -0.185. The molecular formula is C11H16N6OS. The van der Waals surface area contributed by atoms with E-state index in [-0.39, 0.29) is 18.5 Å². The lowest BCUT2D eigenvalue weighted by Gasteiger charge is -2.04. The van der Waals surface area contributed by atoms with Gasteiger partial charge in [0.05, 0.1) is 17.9 Å². The van der Waals surface area contributed by atoms with Crippen LogP contribution in [0.3, 0.4) is 0 Å². The van der Waals surface area contributed by atoms with Crippen LogP contribution in [-0.2, 0) is 11.3 Å². The number of hydrogen-bond donors (Lipinski definition) is 2. The summed E-state index contributed by atoms with van der Waals surface area (Å²) in [6, 6.07) is -0.124. The van der Waals surface area contributed by atoms with E-state index in [0.717, 1.165) is 12.8 Å². The molecule has 0 aromatic carbocycles. The van der Waals surface area contributed by atoms with Crippen LogP contribution < -0.4 is 11.1 Å². The highest BCUT2D eigenvalue weighted by Crippen LogP contribution is 2.12. The number of carbonyl (C=O) groups is 1. The van der Waals surface area contributed by atoms with Crippen LogP contribution in [-0.4, -0.2) is 25.9 Å². The molecule has 8 heteroatoms. The Morgan fingerprint density at radius 3 is 3.16 bits per heavy atom. The summed E-state index contributed by atoms with van der Waals surface area (Å²) in [6.07, 6.45) is 5.18. The second kappa shape index (κ2) is 6.39. The molecule has 0 aliphatic heterocycles. The highest BCUT2D eigenvalue weighted by molar-refractivity contribution is 7.13. The smallest absolute Gasteiger partial charge is 0.247 e. The number of aromatic nitrogens is 4. The highest BCUT2D eigenvalue weighted by atomic mass is 32.1. The SMILES string of the molecule is CCCC(N)c1cn(CC(=O)Nc2nccs2)nn1. The number of hydrogen-bond acceptors (Lipinski definition) is 6. The summed E-state index contributed by atoms with van der Waals surface area (Å²) < 4.78 is 1.48. The van der Waals surface area contributed by atoms with Crippen molar-refractivity contribution < 1.29 is 4.79 Å². The van der Waals surface area contributed by atoms with Crippen molar-refractivity contribution in [3.8, 4) is 0 Å². The van der Waals surface area contributed by atoms with Crippen LogP contribution in [0, 0.1) is 0 Å². The zero-order valence-corrected chi connectivity index (χ0v) is 11.4. The number of amides is 1. The van der Waals surface area contributed by atoms with Crippen LogP contribution in [0.2, 0.25) is 0 Å². The molecule has 0 bridgehead atoms. The van der Waals surface area contributed by atoms with Crippen molar-refractivity contribution in [3.05, 3.63) is 23.5 Å². The first kappa shape index (κ1) is 13.6. The van der Waals surface area contributed by atoms with Crippen LogP contribution in [0.5, 0.6) is 0 Å². The number of nitrogens with zero attached hydrogens (tertiary/aromatic N) is 4. The fourth-order valence-electron chi connectivity index (χ4n) is 1.61. The van der Waals surface area contributed by atoms with E-state index >= 15 is 0 Å². The molecule has 2 aromatic rings. The summed E-state index contributed by atoms with van der Waals surface area (Å²) >= 11 is 1.37. The van der Waals surface area contributed by atoms with E-state index in [1.54, 1.807) is 17.8 Å². The average molecular weight is 280 g/mol. The predicted molar refractivity (Wildman–Crippen MR) is 72.6 cm³/mol. The summed E-state index contributed by atoms with van der Waals surface area (Å²) in [6.45, 7) is 2.16. The minimum absolute atomic E-state index is 0.103.